The number of hydrogen-bond acceptors (Lipinski definition) is 5. The predicted octanol–water partition coefficient (Wildman–Crippen LogP) is 2.92. The summed E-state index contributed by atoms with van der Waals surface area (Å²) in [7, 11) is -3.60. The first-order chi connectivity index (χ1) is 7.74. The van der Waals surface area contributed by atoms with Gasteiger partial charge in [-0.2, -0.15) is 0 Å². The maximum absolute atomic E-state index is 12.0. The molecule has 0 unspecified atom stereocenters. The molecule has 0 bridgehead atoms. The first-order valence-corrected chi connectivity index (χ1v) is 8.50. The van der Waals surface area contributed by atoms with Gasteiger partial charge in [0.15, 0.2) is 10.7 Å². The number of nitrogens with zero attached hydrogens (tertiary/aromatic N) is 2. The first kappa shape index (κ1) is 15.5. The molecule has 1 rings (SSSR count). The minimum absolute atomic E-state index is 0.0126. The molecule has 0 fully saturated rings. The Morgan fingerprint density at radius 3 is 2.06 bits per heavy atom. The molecule has 0 aliphatic rings. The summed E-state index contributed by atoms with van der Waals surface area (Å²) in [6, 6.07) is 0. The molecule has 0 saturated carbocycles. The molecule has 1 aromatic rings. The quantitative estimate of drug-likeness (QED) is 0.519. The van der Waals surface area contributed by atoms with Gasteiger partial charge in [-0.05, 0) is 61.6 Å². The van der Waals surface area contributed by atoms with Crippen molar-refractivity contribution in [2.24, 2.45) is 0 Å². The fraction of sp³-hybridized carbons (Fsp3) is 0.500. The van der Waals surface area contributed by atoms with Crippen molar-refractivity contribution in [1.29, 1.82) is 0 Å². The maximum Gasteiger partial charge on any atom is 0.207 e. The van der Waals surface area contributed by atoms with Crippen LogP contribution < -0.4 is 0 Å². The van der Waals surface area contributed by atoms with Gasteiger partial charge in [-0.25, -0.2) is 18.4 Å². The zero-order chi connectivity index (χ0) is 13.2. The number of halogens is 3. The van der Waals surface area contributed by atoms with Crippen LogP contribution in [-0.4, -0.2) is 30.4 Å². The second-order valence-electron chi connectivity index (χ2n) is 3.35. The van der Waals surface area contributed by atoms with E-state index in [1.165, 1.54) is 0 Å². The predicted molar refractivity (Wildman–Crippen MR) is 73.4 cm³/mol. The van der Waals surface area contributed by atoms with Crippen molar-refractivity contribution in [1.82, 2.24) is 9.97 Å². The molecule has 0 spiro atoms. The molecule has 0 aliphatic carbocycles. The van der Waals surface area contributed by atoms with Crippen LogP contribution in [0.1, 0.15) is 13.8 Å². The van der Waals surface area contributed by atoms with Gasteiger partial charge in [0.2, 0.25) is 9.84 Å². The Kier molecular flexibility index (Phi) is 5.51. The summed E-state index contributed by atoms with van der Waals surface area (Å²) < 4.78 is 29.8. The second kappa shape index (κ2) is 6.05. The Labute approximate surface area is 125 Å². The van der Waals surface area contributed by atoms with Crippen LogP contribution in [-0.2, 0) is 14.6 Å². The van der Waals surface area contributed by atoms with E-state index in [-0.39, 0.29) is 20.2 Å². The Balaban J connectivity index is 3.16. The zero-order valence-electron chi connectivity index (χ0n) is 8.95. The fourth-order valence-corrected chi connectivity index (χ4v) is 5.38. The van der Waals surface area contributed by atoms with Crippen LogP contribution >= 0.6 is 47.8 Å². The smallest absolute Gasteiger partial charge is 0.207 e. The molecule has 0 atom stereocenters. The number of ether oxygens (including phenoxy) is 1. The molecule has 0 saturated heterocycles. The first-order valence-electron chi connectivity index (χ1n) is 4.47. The molecule has 0 radical (unpaired) electrons. The van der Waals surface area contributed by atoms with Crippen molar-refractivity contribution in [3.8, 4) is 0 Å². The van der Waals surface area contributed by atoms with Crippen LogP contribution in [0, 0.1) is 0 Å². The molecular weight excluding hydrogens is 444 g/mol. The zero-order valence-corrected chi connectivity index (χ0v) is 14.5. The standard InChI is InChI=1S/C8H9Br3N2O3S/c1-4(2)16-3-17(14,15)5-6(9)12-8(11)13-7(5)10/h4H,3H2,1-2H3. The van der Waals surface area contributed by atoms with E-state index in [9.17, 15) is 8.42 Å². The third kappa shape index (κ3) is 4.23. The summed E-state index contributed by atoms with van der Waals surface area (Å²) in [5.41, 5.74) is 0. The highest BCUT2D eigenvalue weighted by molar-refractivity contribution is 9.11. The SMILES string of the molecule is CC(C)OCS(=O)(=O)c1c(Br)nc(Br)nc1Br. The van der Waals surface area contributed by atoms with Crippen molar-refractivity contribution >= 4 is 57.6 Å². The lowest BCUT2D eigenvalue weighted by molar-refractivity contribution is 0.115. The molecule has 0 amide bonds. The molecule has 9 heteroatoms. The summed E-state index contributed by atoms with van der Waals surface area (Å²) in [6.45, 7) is 3.52. The summed E-state index contributed by atoms with van der Waals surface area (Å²) >= 11 is 9.26. The molecule has 17 heavy (non-hydrogen) atoms. The number of rotatable bonds is 4. The van der Waals surface area contributed by atoms with E-state index in [0.717, 1.165) is 0 Å². The van der Waals surface area contributed by atoms with Gasteiger partial charge < -0.3 is 4.74 Å². The van der Waals surface area contributed by atoms with E-state index in [0.29, 0.717) is 4.73 Å². The summed E-state index contributed by atoms with van der Waals surface area (Å²) in [5.74, 6) is -0.410. The highest BCUT2D eigenvalue weighted by Crippen LogP contribution is 2.29. The topological polar surface area (TPSA) is 69.2 Å². The molecule has 0 N–H and O–H groups in total. The van der Waals surface area contributed by atoms with Gasteiger partial charge in [0.05, 0.1) is 6.10 Å². The van der Waals surface area contributed by atoms with Crippen molar-refractivity contribution in [3.05, 3.63) is 13.9 Å². The second-order valence-corrected chi connectivity index (χ2v) is 7.44. The summed E-state index contributed by atoms with van der Waals surface area (Å²) in [4.78, 5) is 7.76. The van der Waals surface area contributed by atoms with Crippen LogP contribution in [0.3, 0.4) is 0 Å². The molecule has 96 valence electrons. The highest BCUT2D eigenvalue weighted by atomic mass is 79.9. The van der Waals surface area contributed by atoms with Gasteiger partial charge in [0.1, 0.15) is 14.1 Å². The molecule has 5 nitrogen and oxygen atoms in total. The number of hydrogen-bond donors (Lipinski definition) is 0. The summed E-state index contributed by atoms with van der Waals surface area (Å²) in [5, 5.41) is 0. The average Bonchev–Trinajstić information content (AvgIpc) is 2.12. The number of aromatic nitrogens is 2. The monoisotopic (exact) mass is 450 g/mol. The van der Waals surface area contributed by atoms with E-state index >= 15 is 0 Å². The van der Waals surface area contributed by atoms with Gasteiger partial charge in [-0.3, -0.25) is 0 Å². The van der Waals surface area contributed by atoms with Crippen LogP contribution in [0.15, 0.2) is 18.8 Å². The minimum Gasteiger partial charge on any atom is -0.363 e. The summed E-state index contributed by atoms with van der Waals surface area (Å²) in [6.07, 6.45) is -0.168. The Morgan fingerprint density at radius 1 is 1.18 bits per heavy atom. The lowest BCUT2D eigenvalue weighted by atomic mass is 10.5. The van der Waals surface area contributed by atoms with Gasteiger partial charge >= 0.3 is 0 Å². The third-order valence-electron chi connectivity index (χ3n) is 1.62. The average molecular weight is 453 g/mol. The van der Waals surface area contributed by atoms with E-state index in [1.807, 2.05) is 0 Å². The van der Waals surface area contributed by atoms with Crippen molar-refractivity contribution in [2.45, 2.75) is 24.8 Å². The van der Waals surface area contributed by atoms with E-state index in [1.54, 1.807) is 13.8 Å². The van der Waals surface area contributed by atoms with E-state index in [2.05, 4.69) is 57.8 Å². The van der Waals surface area contributed by atoms with Crippen molar-refractivity contribution in [2.75, 3.05) is 5.94 Å². The largest absolute Gasteiger partial charge is 0.363 e. The van der Waals surface area contributed by atoms with Crippen LogP contribution in [0.2, 0.25) is 0 Å². The van der Waals surface area contributed by atoms with E-state index in [4.69, 9.17) is 4.74 Å². The lowest BCUT2D eigenvalue weighted by Crippen LogP contribution is -2.16. The Hall–Kier alpha value is 0.430. The van der Waals surface area contributed by atoms with Crippen LogP contribution in [0.4, 0.5) is 0 Å². The van der Waals surface area contributed by atoms with Crippen molar-refractivity contribution in [3.63, 3.8) is 0 Å². The molecule has 1 aromatic heterocycles. The van der Waals surface area contributed by atoms with Gasteiger partial charge in [0.25, 0.3) is 0 Å². The van der Waals surface area contributed by atoms with Gasteiger partial charge in [0, 0.05) is 0 Å². The highest BCUT2D eigenvalue weighted by Gasteiger charge is 2.24. The van der Waals surface area contributed by atoms with E-state index < -0.39 is 15.8 Å². The van der Waals surface area contributed by atoms with Crippen LogP contribution in [0.5, 0.6) is 0 Å². The molecular formula is C8H9Br3N2O3S. The van der Waals surface area contributed by atoms with Crippen molar-refractivity contribution < 1.29 is 13.2 Å². The Morgan fingerprint density at radius 2 is 1.65 bits per heavy atom. The molecule has 0 aromatic carbocycles. The third-order valence-corrected chi connectivity index (χ3v) is 5.11. The number of sulfone groups is 1. The van der Waals surface area contributed by atoms with Crippen LogP contribution in [0.25, 0.3) is 0 Å². The minimum atomic E-state index is -3.60. The fourth-order valence-electron chi connectivity index (χ4n) is 0.915. The lowest BCUT2D eigenvalue weighted by Gasteiger charge is -2.10. The Bertz CT molecular complexity index is 496. The van der Waals surface area contributed by atoms with Gasteiger partial charge in [-0.1, -0.05) is 0 Å². The molecule has 0 aliphatic heterocycles. The normalized spacial score (nSPS) is 12.1. The molecule has 1 heterocycles. The van der Waals surface area contributed by atoms with Gasteiger partial charge in [-0.15, -0.1) is 0 Å². The maximum atomic E-state index is 12.0.